The van der Waals surface area contributed by atoms with Crippen LogP contribution in [0.5, 0.6) is 5.75 Å². The first-order valence-electron chi connectivity index (χ1n) is 13.5. The van der Waals surface area contributed by atoms with Gasteiger partial charge in [-0.2, -0.15) is 16.1 Å². The van der Waals surface area contributed by atoms with Gasteiger partial charge in [0.15, 0.2) is 0 Å². The summed E-state index contributed by atoms with van der Waals surface area (Å²) < 4.78 is 34.8. The van der Waals surface area contributed by atoms with Gasteiger partial charge in [0.05, 0.1) is 12.0 Å². The van der Waals surface area contributed by atoms with E-state index in [2.05, 4.69) is 0 Å². The van der Waals surface area contributed by atoms with Gasteiger partial charge in [-0.05, 0) is 52.6 Å². The molecule has 1 fully saturated rings. The summed E-state index contributed by atoms with van der Waals surface area (Å²) in [6, 6.07) is 29.8. The van der Waals surface area contributed by atoms with Crippen molar-refractivity contribution in [1.29, 1.82) is 0 Å². The fourth-order valence-corrected chi connectivity index (χ4v) is 8.09. The van der Waals surface area contributed by atoms with E-state index >= 15 is 0 Å². The van der Waals surface area contributed by atoms with Crippen molar-refractivity contribution < 1.29 is 17.9 Å². The number of hydrogen-bond acceptors (Lipinski definition) is 6. The van der Waals surface area contributed by atoms with Gasteiger partial charge in [-0.25, -0.2) is 13.4 Å². The van der Waals surface area contributed by atoms with Crippen molar-refractivity contribution in [1.82, 2.24) is 14.3 Å². The van der Waals surface area contributed by atoms with Gasteiger partial charge in [0.1, 0.15) is 11.8 Å². The Morgan fingerprint density at radius 3 is 2.29 bits per heavy atom. The molecule has 0 aromatic heterocycles. The number of methoxy groups -OCH3 is 1. The second kappa shape index (κ2) is 12.7. The van der Waals surface area contributed by atoms with Crippen LogP contribution in [0.1, 0.15) is 17.5 Å². The number of benzene rings is 4. The Morgan fingerprint density at radius 1 is 0.902 bits per heavy atom. The van der Waals surface area contributed by atoms with E-state index in [4.69, 9.17) is 4.74 Å². The minimum atomic E-state index is -3.93. The summed E-state index contributed by atoms with van der Waals surface area (Å²) in [6.45, 7) is 0.797. The van der Waals surface area contributed by atoms with Gasteiger partial charge >= 0.3 is 0 Å². The molecule has 0 bridgehead atoms. The Morgan fingerprint density at radius 2 is 1.59 bits per heavy atom. The summed E-state index contributed by atoms with van der Waals surface area (Å²) >= 11 is 1.68. The molecule has 0 N–H and O–H groups in total. The number of nitrogens with zero attached hydrogens (tertiary/aromatic N) is 3. The molecule has 7 nitrogen and oxygen atoms in total. The highest BCUT2D eigenvalue weighted by molar-refractivity contribution is 7.99. The number of sulfonamides is 1. The number of rotatable bonds is 10. The lowest BCUT2D eigenvalue weighted by molar-refractivity contribution is -0.148. The number of carbonyl (C=O) groups is 1. The van der Waals surface area contributed by atoms with Gasteiger partial charge in [0.25, 0.3) is 5.91 Å². The number of carbonyl (C=O) groups excluding carboxylic acids is 1. The molecule has 0 radical (unpaired) electrons. The maximum Gasteiger partial charge on any atom is 0.255 e. The van der Waals surface area contributed by atoms with E-state index in [0.29, 0.717) is 18.7 Å². The van der Waals surface area contributed by atoms with E-state index in [0.717, 1.165) is 27.6 Å². The minimum absolute atomic E-state index is 0.0332. The van der Waals surface area contributed by atoms with Crippen LogP contribution >= 0.6 is 11.8 Å². The van der Waals surface area contributed by atoms with E-state index in [9.17, 15) is 13.2 Å². The van der Waals surface area contributed by atoms with Crippen LogP contribution in [0.3, 0.4) is 0 Å². The topological polar surface area (TPSA) is 70.2 Å². The molecule has 2 atom stereocenters. The average Bonchev–Trinajstić information content (AvgIpc) is 3.45. The van der Waals surface area contributed by atoms with Crippen molar-refractivity contribution in [3.05, 3.63) is 108 Å². The molecule has 1 heterocycles. The van der Waals surface area contributed by atoms with Crippen LogP contribution in [0.2, 0.25) is 0 Å². The van der Waals surface area contributed by atoms with E-state index in [1.807, 2.05) is 97.0 Å². The van der Waals surface area contributed by atoms with Gasteiger partial charge in [-0.3, -0.25) is 9.80 Å². The zero-order chi connectivity index (χ0) is 29.0. The summed E-state index contributed by atoms with van der Waals surface area (Å²) in [7, 11) is 1.26. The van der Waals surface area contributed by atoms with Crippen LogP contribution in [-0.2, 0) is 27.1 Å². The lowest BCUT2D eigenvalue weighted by Crippen LogP contribution is -2.51. The number of thioether (sulfide) groups is 1. The van der Waals surface area contributed by atoms with Crippen LogP contribution < -0.4 is 4.74 Å². The van der Waals surface area contributed by atoms with Crippen molar-refractivity contribution in [3.63, 3.8) is 0 Å². The van der Waals surface area contributed by atoms with Crippen molar-refractivity contribution in [2.75, 3.05) is 27.7 Å². The first kappa shape index (κ1) is 29.1. The Bertz CT molecular complexity index is 1600. The van der Waals surface area contributed by atoms with Gasteiger partial charge in [0.2, 0.25) is 10.0 Å². The van der Waals surface area contributed by atoms with Crippen molar-refractivity contribution in [2.45, 2.75) is 34.9 Å². The number of hydrazine groups is 1. The molecule has 41 heavy (non-hydrogen) atoms. The van der Waals surface area contributed by atoms with Crippen molar-refractivity contribution >= 4 is 38.5 Å². The van der Waals surface area contributed by atoms with Crippen molar-refractivity contribution in [3.8, 4) is 5.75 Å². The van der Waals surface area contributed by atoms with Crippen LogP contribution in [0.4, 0.5) is 0 Å². The van der Waals surface area contributed by atoms with E-state index in [-0.39, 0.29) is 22.6 Å². The molecule has 0 aliphatic carbocycles. The fourth-order valence-electron chi connectivity index (χ4n) is 5.12. The van der Waals surface area contributed by atoms with Crippen molar-refractivity contribution in [2.24, 2.45) is 0 Å². The predicted octanol–water partition coefficient (Wildman–Crippen LogP) is 5.42. The largest absolute Gasteiger partial charge is 0.497 e. The van der Waals surface area contributed by atoms with Crippen LogP contribution in [-0.4, -0.2) is 67.7 Å². The minimum Gasteiger partial charge on any atom is -0.497 e. The molecule has 4 aromatic rings. The molecule has 1 aliphatic rings. The summed E-state index contributed by atoms with van der Waals surface area (Å²) in [6.07, 6.45) is 0.440. The zero-order valence-electron chi connectivity index (χ0n) is 23.5. The predicted molar refractivity (Wildman–Crippen MR) is 165 cm³/mol. The first-order chi connectivity index (χ1) is 19.8. The number of ether oxygens (including phenoxy) is 1. The molecular weight excluding hydrogens is 555 g/mol. The third-order valence-corrected chi connectivity index (χ3v) is 10.7. The lowest BCUT2D eigenvalue weighted by Gasteiger charge is -2.33. The number of hydrogen-bond donors (Lipinski definition) is 0. The Hall–Kier alpha value is -3.37. The highest BCUT2D eigenvalue weighted by Gasteiger charge is 2.45. The highest BCUT2D eigenvalue weighted by Crippen LogP contribution is 2.35. The Labute approximate surface area is 246 Å². The molecule has 1 amide bonds. The maximum absolute atomic E-state index is 14.1. The van der Waals surface area contributed by atoms with Gasteiger partial charge in [-0.15, -0.1) is 0 Å². The van der Waals surface area contributed by atoms with Crippen LogP contribution in [0, 0.1) is 0 Å². The van der Waals surface area contributed by atoms with Crippen LogP contribution in [0.15, 0.2) is 102 Å². The molecule has 5 rings (SSSR count). The fraction of sp³-hybridized carbons (Fsp3) is 0.281. The number of amides is 1. The van der Waals surface area contributed by atoms with Gasteiger partial charge in [-0.1, -0.05) is 72.8 Å². The summed E-state index contributed by atoms with van der Waals surface area (Å²) in [4.78, 5) is 14.1. The summed E-state index contributed by atoms with van der Waals surface area (Å²) in [5, 5.41) is 5.17. The lowest BCUT2D eigenvalue weighted by atomic mass is 10.1. The highest BCUT2D eigenvalue weighted by atomic mass is 32.2. The quantitative estimate of drug-likeness (QED) is 0.230. The molecule has 0 saturated carbocycles. The van der Waals surface area contributed by atoms with E-state index < -0.39 is 16.1 Å². The molecule has 4 aromatic carbocycles. The first-order valence-corrected chi connectivity index (χ1v) is 16.0. The third-order valence-electron chi connectivity index (χ3n) is 7.56. The van der Waals surface area contributed by atoms with Gasteiger partial charge in [0, 0.05) is 38.2 Å². The smallest absolute Gasteiger partial charge is 0.255 e. The SMILES string of the molecule is COc1ccc(CSC2CC(C(=O)N(C)N(C)Cc3ccccc3)N(S(=O)(=O)c3ccc4ccccc4c3)C2)cc1. The van der Waals surface area contributed by atoms with Crippen LogP contribution in [0.25, 0.3) is 10.8 Å². The van der Waals surface area contributed by atoms with Gasteiger partial charge < -0.3 is 4.74 Å². The maximum atomic E-state index is 14.1. The second-order valence-corrected chi connectivity index (χ2v) is 13.5. The zero-order valence-corrected chi connectivity index (χ0v) is 25.1. The third kappa shape index (κ3) is 6.59. The second-order valence-electron chi connectivity index (χ2n) is 10.3. The van der Waals surface area contributed by atoms with E-state index in [1.54, 1.807) is 43.1 Å². The number of fused-ring (bicyclic) bond motifs is 1. The Kier molecular flexibility index (Phi) is 8.99. The number of likely N-dealkylation sites (N-methyl/N-ethyl adjacent to an activating group) is 1. The average molecular weight is 590 g/mol. The standard InChI is InChI=1S/C32H35N3O4S2/c1-33(21-24-9-5-4-6-10-24)34(2)32(36)31-20-29(40-23-25-13-16-28(39-3)17-14-25)22-35(31)41(37,38)30-18-15-26-11-7-8-12-27(26)19-30/h4-19,29,31H,20-23H2,1-3H3. The monoisotopic (exact) mass is 589 g/mol. The van der Waals surface area contributed by atoms with E-state index in [1.165, 1.54) is 4.31 Å². The molecule has 214 valence electrons. The molecule has 2 unspecified atom stereocenters. The molecule has 1 aliphatic heterocycles. The summed E-state index contributed by atoms with van der Waals surface area (Å²) in [5.74, 6) is 1.27. The molecular formula is C32H35N3O4S2. The summed E-state index contributed by atoms with van der Waals surface area (Å²) in [5.41, 5.74) is 2.18. The molecule has 1 saturated heterocycles. The Balaban J connectivity index is 1.39. The molecule has 9 heteroatoms. The normalized spacial score (nSPS) is 17.7. The molecule has 0 spiro atoms.